The molecule has 0 aliphatic carbocycles. The molecule has 2 aromatic heterocycles. The second-order valence-corrected chi connectivity index (χ2v) is 17.2. The molecule has 2 heterocycles. The summed E-state index contributed by atoms with van der Waals surface area (Å²) in [5.41, 5.74) is 6.20. The zero-order chi connectivity index (χ0) is 39.9. The highest BCUT2D eigenvalue weighted by atomic mass is 32.1. The van der Waals surface area contributed by atoms with Crippen LogP contribution in [0.25, 0.3) is 96.0 Å². The third-order valence-electron chi connectivity index (χ3n) is 12.5. The number of hydrogen-bond acceptors (Lipinski definition) is 3. The second-order valence-electron chi connectivity index (χ2n) is 16.2. The van der Waals surface area contributed by atoms with Crippen LogP contribution in [0.5, 0.6) is 0 Å². The lowest BCUT2D eigenvalue weighted by molar-refractivity contribution is 0.669. The van der Waals surface area contributed by atoms with E-state index in [0.717, 1.165) is 39.0 Å². The predicted octanol–water partition coefficient (Wildman–Crippen LogP) is 17.4. The Labute approximate surface area is 351 Å². The van der Waals surface area contributed by atoms with E-state index in [9.17, 15) is 0 Å². The van der Waals surface area contributed by atoms with Gasteiger partial charge in [-0.15, -0.1) is 11.3 Å². The van der Waals surface area contributed by atoms with Crippen LogP contribution in [0, 0.1) is 0 Å². The van der Waals surface area contributed by atoms with E-state index in [-0.39, 0.29) is 0 Å². The van der Waals surface area contributed by atoms with E-state index in [1.165, 1.54) is 79.6 Å². The maximum Gasteiger partial charge on any atom is 0.159 e. The molecule has 0 N–H and O–H groups in total. The van der Waals surface area contributed by atoms with E-state index in [4.69, 9.17) is 4.42 Å². The average molecular weight is 786 g/mol. The number of anilines is 3. The summed E-state index contributed by atoms with van der Waals surface area (Å²) in [6.07, 6.45) is 0. The van der Waals surface area contributed by atoms with Crippen LogP contribution in [0.4, 0.5) is 17.1 Å². The van der Waals surface area contributed by atoms with E-state index in [0.29, 0.717) is 5.92 Å². The molecule has 0 spiro atoms. The van der Waals surface area contributed by atoms with Gasteiger partial charge in [0.1, 0.15) is 5.58 Å². The molecule has 0 aliphatic rings. The Balaban J connectivity index is 1.28. The van der Waals surface area contributed by atoms with E-state index in [2.05, 4.69) is 207 Å². The first-order valence-electron chi connectivity index (χ1n) is 20.8. The molecule has 0 bridgehead atoms. The first-order valence-corrected chi connectivity index (χ1v) is 21.6. The monoisotopic (exact) mass is 785 g/mol. The van der Waals surface area contributed by atoms with Crippen LogP contribution >= 0.6 is 11.3 Å². The maximum atomic E-state index is 6.75. The third kappa shape index (κ3) is 5.33. The first kappa shape index (κ1) is 34.8. The van der Waals surface area contributed by atoms with Gasteiger partial charge in [-0.05, 0) is 102 Å². The van der Waals surface area contributed by atoms with E-state index < -0.39 is 0 Å². The van der Waals surface area contributed by atoms with E-state index >= 15 is 0 Å². The minimum absolute atomic E-state index is 0.424. The molecule has 12 rings (SSSR count). The summed E-state index contributed by atoms with van der Waals surface area (Å²) in [4.78, 5) is 2.38. The Bertz CT molecular complexity index is 3760. The lowest BCUT2D eigenvalue weighted by Crippen LogP contribution is -2.10. The standard InChI is InChI=1S/C57H39NOS/c1-35(2)36-26-28-37(29-27-36)58(52-23-13-22-49-45-19-9-11-24-53(45)59-56(49)52)38-30-31-44-48-32-33-50-46-20-10-12-25-54(46)60-57(50)55(48)47-21-8-7-17-42(47)40-15-4-3-14-39(40)41-16-5-6-18-43(41)51(44)34-38/h3-35H,1-2H3. The highest BCUT2D eigenvalue weighted by molar-refractivity contribution is 7.26. The fraction of sp³-hybridized carbons (Fsp3) is 0.0526. The van der Waals surface area contributed by atoms with Gasteiger partial charge in [0.2, 0.25) is 0 Å². The van der Waals surface area contributed by atoms with Crippen molar-refractivity contribution in [2.24, 2.45) is 0 Å². The largest absolute Gasteiger partial charge is 0.454 e. The van der Waals surface area contributed by atoms with Crippen LogP contribution in [-0.4, -0.2) is 0 Å². The number of para-hydroxylation sites is 2. The van der Waals surface area contributed by atoms with Crippen LogP contribution < -0.4 is 4.90 Å². The van der Waals surface area contributed by atoms with Crippen LogP contribution in [-0.2, 0) is 0 Å². The van der Waals surface area contributed by atoms with E-state index in [1.807, 2.05) is 17.4 Å². The fourth-order valence-corrected chi connectivity index (χ4v) is 10.9. The van der Waals surface area contributed by atoms with Crippen molar-refractivity contribution in [2.75, 3.05) is 4.90 Å². The van der Waals surface area contributed by atoms with Crippen molar-refractivity contribution in [3.05, 3.63) is 200 Å². The Morgan fingerprint density at radius 3 is 1.60 bits per heavy atom. The lowest BCUT2D eigenvalue weighted by atomic mass is 9.93. The topological polar surface area (TPSA) is 16.4 Å². The van der Waals surface area contributed by atoms with Crippen LogP contribution in [0.1, 0.15) is 25.3 Å². The molecule has 2 nitrogen and oxygen atoms in total. The molecule has 10 aromatic carbocycles. The lowest BCUT2D eigenvalue weighted by Gasteiger charge is -2.26. The molecular formula is C57H39NOS. The number of benzene rings is 9. The predicted molar refractivity (Wildman–Crippen MR) is 261 cm³/mol. The number of nitrogens with zero attached hydrogens (tertiary/aromatic N) is 1. The van der Waals surface area contributed by atoms with Crippen molar-refractivity contribution < 1.29 is 4.42 Å². The highest BCUT2D eigenvalue weighted by Crippen LogP contribution is 2.47. The Hall–Kier alpha value is -7.20. The van der Waals surface area contributed by atoms with Gasteiger partial charge in [0.15, 0.2) is 5.58 Å². The molecule has 0 saturated carbocycles. The van der Waals surface area contributed by atoms with Crippen molar-refractivity contribution in [3.63, 3.8) is 0 Å². The summed E-state index contributed by atoms with van der Waals surface area (Å²) in [5, 5.41) is 17.0. The molecule has 0 atom stereocenters. The van der Waals surface area contributed by atoms with Crippen molar-refractivity contribution in [2.45, 2.75) is 19.8 Å². The van der Waals surface area contributed by atoms with Gasteiger partial charge in [-0.1, -0.05) is 166 Å². The quantitative estimate of drug-likeness (QED) is 0.177. The average Bonchev–Trinajstić information content (AvgIpc) is 3.88. The Morgan fingerprint density at radius 2 is 0.900 bits per heavy atom. The van der Waals surface area contributed by atoms with Crippen molar-refractivity contribution in [1.82, 2.24) is 0 Å². The van der Waals surface area contributed by atoms with Crippen molar-refractivity contribution in [3.8, 4) is 0 Å². The molecule has 0 amide bonds. The zero-order valence-corrected chi connectivity index (χ0v) is 34.1. The number of furan rings is 1. The summed E-state index contributed by atoms with van der Waals surface area (Å²) < 4.78 is 9.36. The zero-order valence-electron chi connectivity index (χ0n) is 33.3. The van der Waals surface area contributed by atoms with Crippen LogP contribution in [0.2, 0.25) is 0 Å². The molecule has 0 fully saturated rings. The normalized spacial score (nSPS) is 12.0. The van der Waals surface area contributed by atoms with Crippen LogP contribution in [0.15, 0.2) is 199 Å². The molecule has 0 radical (unpaired) electrons. The summed E-state index contributed by atoms with van der Waals surface area (Å²) in [5.74, 6) is 0.424. The van der Waals surface area contributed by atoms with E-state index in [1.54, 1.807) is 0 Å². The van der Waals surface area contributed by atoms with Gasteiger partial charge in [0.25, 0.3) is 0 Å². The first-order chi connectivity index (χ1) is 29.6. The minimum atomic E-state index is 0.424. The molecular weight excluding hydrogens is 747 g/mol. The summed E-state index contributed by atoms with van der Waals surface area (Å²) >= 11 is 1.90. The van der Waals surface area contributed by atoms with Crippen LogP contribution in [0.3, 0.4) is 0 Å². The molecule has 0 aliphatic heterocycles. The number of fused-ring (bicyclic) bond motifs is 17. The van der Waals surface area contributed by atoms with Gasteiger partial charge in [-0.3, -0.25) is 0 Å². The molecule has 0 saturated heterocycles. The van der Waals surface area contributed by atoms with Crippen molar-refractivity contribution >= 4 is 124 Å². The molecule has 0 unspecified atom stereocenters. The van der Waals surface area contributed by atoms with Crippen molar-refractivity contribution in [1.29, 1.82) is 0 Å². The Kier molecular flexibility index (Phi) is 7.94. The number of rotatable bonds is 4. The highest BCUT2D eigenvalue weighted by Gasteiger charge is 2.21. The third-order valence-corrected chi connectivity index (χ3v) is 13.7. The van der Waals surface area contributed by atoms with Gasteiger partial charge in [-0.2, -0.15) is 0 Å². The Morgan fingerprint density at radius 1 is 0.400 bits per heavy atom. The summed E-state index contributed by atoms with van der Waals surface area (Å²) in [6.45, 7) is 4.50. The smallest absolute Gasteiger partial charge is 0.159 e. The van der Waals surface area contributed by atoms with Gasteiger partial charge >= 0.3 is 0 Å². The van der Waals surface area contributed by atoms with Gasteiger partial charge in [0.05, 0.1) is 5.69 Å². The number of hydrogen-bond donors (Lipinski definition) is 0. The fourth-order valence-electron chi connectivity index (χ4n) is 9.60. The van der Waals surface area contributed by atoms with Gasteiger partial charge in [-0.25, -0.2) is 0 Å². The molecule has 60 heavy (non-hydrogen) atoms. The SMILES string of the molecule is CC(C)c1ccc(N(c2ccc3c(c2)c2ccccc2c2ccccc2c2ccccc2c2c3ccc3c4ccccc4sc32)c2cccc3c2oc2ccccc23)cc1. The minimum Gasteiger partial charge on any atom is -0.454 e. The molecule has 3 heteroatoms. The molecule has 284 valence electrons. The maximum absolute atomic E-state index is 6.75. The second kappa shape index (κ2) is 13.7. The molecule has 12 aromatic rings. The van der Waals surface area contributed by atoms with Gasteiger partial charge in [0, 0.05) is 47.7 Å². The number of thiophene rings is 1. The summed E-state index contributed by atoms with van der Waals surface area (Å²) in [7, 11) is 0. The van der Waals surface area contributed by atoms with Gasteiger partial charge < -0.3 is 9.32 Å². The summed E-state index contributed by atoms with van der Waals surface area (Å²) in [6, 6.07) is 71.5.